The molecule has 0 radical (unpaired) electrons. The van der Waals surface area contributed by atoms with Gasteiger partial charge in [0.2, 0.25) is 0 Å². The standard InChI is InChI=1S/C10H17N3O/c1-2-9-12-10(14-13-9)11-8-6-4-3-5-7-8/h8H,2-7H2,1H3,(H,11,12,13). The number of hydrogen-bond donors (Lipinski definition) is 1. The smallest absolute Gasteiger partial charge is 0.321 e. The van der Waals surface area contributed by atoms with Crippen molar-refractivity contribution in [3.63, 3.8) is 0 Å². The van der Waals surface area contributed by atoms with E-state index in [1.54, 1.807) is 0 Å². The van der Waals surface area contributed by atoms with Crippen LogP contribution in [0.1, 0.15) is 44.9 Å². The zero-order chi connectivity index (χ0) is 9.80. The van der Waals surface area contributed by atoms with E-state index in [1.165, 1.54) is 32.1 Å². The van der Waals surface area contributed by atoms with Gasteiger partial charge in [-0.1, -0.05) is 31.3 Å². The molecule has 4 heteroatoms. The Morgan fingerprint density at radius 2 is 2.14 bits per heavy atom. The van der Waals surface area contributed by atoms with Gasteiger partial charge in [-0.3, -0.25) is 0 Å². The molecule has 1 fully saturated rings. The van der Waals surface area contributed by atoms with Crippen LogP contribution in [0.2, 0.25) is 0 Å². The molecule has 0 amide bonds. The molecule has 0 bridgehead atoms. The highest BCUT2D eigenvalue weighted by Gasteiger charge is 2.15. The van der Waals surface area contributed by atoms with Crippen molar-refractivity contribution in [2.24, 2.45) is 0 Å². The molecule has 1 aliphatic carbocycles. The summed E-state index contributed by atoms with van der Waals surface area (Å²) in [6, 6.07) is 1.13. The van der Waals surface area contributed by atoms with E-state index in [2.05, 4.69) is 15.5 Å². The molecule has 1 aromatic rings. The third kappa shape index (κ3) is 2.25. The molecule has 1 N–H and O–H groups in total. The first-order valence-corrected chi connectivity index (χ1v) is 5.47. The average Bonchev–Trinajstić information content (AvgIpc) is 2.67. The summed E-state index contributed by atoms with van der Waals surface area (Å²) in [4.78, 5) is 4.23. The SMILES string of the molecule is CCc1noc(NC2CCCCC2)n1. The van der Waals surface area contributed by atoms with Crippen LogP contribution in [0.4, 0.5) is 6.01 Å². The maximum atomic E-state index is 5.09. The number of rotatable bonds is 3. The Morgan fingerprint density at radius 1 is 1.36 bits per heavy atom. The monoisotopic (exact) mass is 195 g/mol. The van der Waals surface area contributed by atoms with Crippen molar-refractivity contribution in [3.8, 4) is 0 Å². The predicted octanol–water partition coefficient (Wildman–Crippen LogP) is 2.38. The summed E-state index contributed by atoms with van der Waals surface area (Å²) in [5.74, 6) is 0.781. The number of hydrogen-bond acceptors (Lipinski definition) is 4. The first-order chi connectivity index (χ1) is 6.88. The Labute approximate surface area is 84.1 Å². The number of anilines is 1. The van der Waals surface area contributed by atoms with Crippen LogP contribution in [0.3, 0.4) is 0 Å². The quantitative estimate of drug-likeness (QED) is 0.804. The molecule has 2 rings (SSSR count). The summed E-state index contributed by atoms with van der Waals surface area (Å²) in [7, 11) is 0. The maximum Gasteiger partial charge on any atom is 0.321 e. The maximum absolute atomic E-state index is 5.09. The van der Waals surface area contributed by atoms with Gasteiger partial charge >= 0.3 is 6.01 Å². The number of nitrogens with zero attached hydrogens (tertiary/aromatic N) is 2. The molecule has 0 aliphatic heterocycles. The van der Waals surface area contributed by atoms with Gasteiger partial charge in [0.15, 0.2) is 5.82 Å². The van der Waals surface area contributed by atoms with Gasteiger partial charge in [-0.25, -0.2) is 0 Å². The lowest BCUT2D eigenvalue weighted by Crippen LogP contribution is -2.22. The highest BCUT2D eigenvalue weighted by molar-refractivity contribution is 5.20. The molecule has 1 aliphatic rings. The van der Waals surface area contributed by atoms with Gasteiger partial charge in [0.25, 0.3) is 0 Å². The summed E-state index contributed by atoms with van der Waals surface area (Å²) < 4.78 is 5.09. The third-order valence-electron chi connectivity index (χ3n) is 2.72. The molecule has 78 valence electrons. The molecule has 1 heterocycles. The van der Waals surface area contributed by atoms with Gasteiger partial charge in [-0.05, 0) is 12.8 Å². The van der Waals surface area contributed by atoms with Gasteiger partial charge in [-0.15, -0.1) is 0 Å². The third-order valence-corrected chi connectivity index (χ3v) is 2.72. The number of aromatic nitrogens is 2. The van der Waals surface area contributed by atoms with E-state index >= 15 is 0 Å². The Kier molecular flexibility index (Phi) is 3.01. The molecule has 1 aromatic heterocycles. The van der Waals surface area contributed by atoms with E-state index < -0.39 is 0 Å². The molecule has 0 atom stereocenters. The molecule has 0 saturated heterocycles. The van der Waals surface area contributed by atoms with Crippen molar-refractivity contribution in [1.82, 2.24) is 10.1 Å². The molecular weight excluding hydrogens is 178 g/mol. The van der Waals surface area contributed by atoms with Crippen molar-refractivity contribution in [1.29, 1.82) is 0 Å². The van der Waals surface area contributed by atoms with Gasteiger partial charge < -0.3 is 9.84 Å². The van der Waals surface area contributed by atoms with Crippen LogP contribution < -0.4 is 5.32 Å². The van der Waals surface area contributed by atoms with Crippen molar-refractivity contribution < 1.29 is 4.52 Å². The first-order valence-electron chi connectivity index (χ1n) is 5.47. The topological polar surface area (TPSA) is 51.0 Å². The largest absolute Gasteiger partial charge is 0.335 e. The molecule has 0 aromatic carbocycles. The van der Waals surface area contributed by atoms with Gasteiger partial charge in [-0.2, -0.15) is 4.98 Å². The van der Waals surface area contributed by atoms with Crippen molar-refractivity contribution in [2.75, 3.05) is 5.32 Å². The van der Waals surface area contributed by atoms with Crippen LogP contribution in [0.5, 0.6) is 0 Å². The second-order valence-corrected chi connectivity index (χ2v) is 3.85. The molecule has 0 spiro atoms. The average molecular weight is 195 g/mol. The zero-order valence-corrected chi connectivity index (χ0v) is 8.62. The van der Waals surface area contributed by atoms with Gasteiger partial charge in [0.1, 0.15) is 0 Å². The second kappa shape index (κ2) is 4.44. The highest BCUT2D eigenvalue weighted by Crippen LogP contribution is 2.20. The van der Waals surface area contributed by atoms with E-state index in [0.717, 1.165) is 12.2 Å². The minimum Gasteiger partial charge on any atom is -0.335 e. The van der Waals surface area contributed by atoms with E-state index in [0.29, 0.717) is 12.1 Å². The fourth-order valence-electron chi connectivity index (χ4n) is 1.88. The molecule has 14 heavy (non-hydrogen) atoms. The van der Waals surface area contributed by atoms with E-state index in [4.69, 9.17) is 4.52 Å². The zero-order valence-electron chi connectivity index (χ0n) is 8.62. The lowest BCUT2D eigenvalue weighted by Gasteiger charge is -2.21. The Balaban J connectivity index is 1.89. The van der Waals surface area contributed by atoms with Gasteiger partial charge in [0, 0.05) is 12.5 Å². The van der Waals surface area contributed by atoms with Crippen LogP contribution in [0, 0.1) is 0 Å². The summed E-state index contributed by atoms with van der Waals surface area (Å²) in [6.07, 6.45) is 7.27. The minimum absolute atomic E-state index is 0.536. The summed E-state index contributed by atoms with van der Waals surface area (Å²) in [5, 5.41) is 7.15. The first kappa shape index (κ1) is 9.49. The molecular formula is C10H17N3O. The van der Waals surface area contributed by atoms with Gasteiger partial charge in [0.05, 0.1) is 0 Å². The Hall–Kier alpha value is -1.06. The summed E-state index contributed by atoms with van der Waals surface area (Å²) >= 11 is 0. The fourth-order valence-corrected chi connectivity index (χ4v) is 1.88. The number of aryl methyl sites for hydroxylation is 1. The highest BCUT2D eigenvalue weighted by atomic mass is 16.5. The lowest BCUT2D eigenvalue weighted by atomic mass is 9.96. The summed E-state index contributed by atoms with van der Waals surface area (Å²) in [6.45, 7) is 2.02. The predicted molar refractivity (Wildman–Crippen MR) is 54.2 cm³/mol. The van der Waals surface area contributed by atoms with E-state index in [-0.39, 0.29) is 0 Å². The fraction of sp³-hybridized carbons (Fsp3) is 0.800. The lowest BCUT2D eigenvalue weighted by molar-refractivity contribution is 0.402. The van der Waals surface area contributed by atoms with E-state index in [1.807, 2.05) is 6.92 Å². The Bertz CT molecular complexity index is 279. The Morgan fingerprint density at radius 3 is 2.79 bits per heavy atom. The van der Waals surface area contributed by atoms with Crippen molar-refractivity contribution in [2.45, 2.75) is 51.5 Å². The number of nitrogens with one attached hydrogen (secondary N) is 1. The minimum atomic E-state index is 0.536. The van der Waals surface area contributed by atoms with Crippen LogP contribution in [0.25, 0.3) is 0 Å². The molecule has 1 saturated carbocycles. The van der Waals surface area contributed by atoms with Crippen LogP contribution in [-0.4, -0.2) is 16.2 Å². The van der Waals surface area contributed by atoms with Crippen molar-refractivity contribution in [3.05, 3.63) is 5.82 Å². The van der Waals surface area contributed by atoms with Crippen LogP contribution in [0.15, 0.2) is 4.52 Å². The summed E-state index contributed by atoms with van der Waals surface area (Å²) in [5.41, 5.74) is 0. The molecule has 4 nitrogen and oxygen atoms in total. The van der Waals surface area contributed by atoms with Crippen LogP contribution >= 0.6 is 0 Å². The normalized spacial score (nSPS) is 18.4. The molecule has 0 unspecified atom stereocenters. The van der Waals surface area contributed by atoms with E-state index in [9.17, 15) is 0 Å². The van der Waals surface area contributed by atoms with Crippen LogP contribution in [-0.2, 0) is 6.42 Å². The second-order valence-electron chi connectivity index (χ2n) is 3.85. The van der Waals surface area contributed by atoms with Crippen molar-refractivity contribution >= 4 is 6.01 Å².